The highest BCUT2D eigenvalue weighted by Crippen LogP contribution is 2.24. The highest BCUT2D eigenvalue weighted by atomic mass is 16.2. The van der Waals surface area contributed by atoms with Gasteiger partial charge >= 0.3 is 0 Å². The van der Waals surface area contributed by atoms with Crippen LogP contribution in [0.15, 0.2) is 36.0 Å². The van der Waals surface area contributed by atoms with Crippen LogP contribution >= 0.6 is 0 Å². The largest absolute Gasteiger partial charge is 0.347 e. The molecule has 1 aromatic carbocycles. The fourth-order valence-corrected chi connectivity index (χ4v) is 3.20. The lowest BCUT2D eigenvalue weighted by atomic mass is 10.1. The van der Waals surface area contributed by atoms with Gasteiger partial charge in [0.15, 0.2) is 0 Å². The van der Waals surface area contributed by atoms with Gasteiger partial charge in [-0.3, -0.25) is 4.79 Å². The molecular weight excluding hydrogens is 286 g/mol. The maximum absolute atomic E-state index is 12.5. The number of carbonyl (C=O) groups is 1. The number of nitriles is 1. The summed E-state index contributed by atoms with van der Waals surface area (Å²) in [4.78, 5) is 14.3. The van der Waals surface area contributed by atoms with E-state index in [0.29, 0.717) is 0 Å². The number of nitrogens with zero attached hydrogens (tertiary/aromatic N) is 3. The first-order chi connectivity index (χ1) is 11.2. The predicted octanol–water partition coefficient (Wildman–Crippen LogP) is 3.58. The van der Waals surface area contributed by atoms with E-state index >= 15 is 0 Å². The number of hydrogen-bond donors (Lipinski definition) is 0. The SMILES string of the molecule is CCCn1cc(/C=C(\C#N)C(=O)N2CCCC2)c2ccccc21. The fourth-order valence-electron chi connectivity index (χ4n) is 3.20. The molecule has 0 bridgehead atoms. The van der Waals surface area contributed by atoms with E-state index < -0.39 is 0 Å². The van der Waals surface area contributed by atoms with Crippen LogP contribution in [-0.4, -0.2) is 28.5 Å². The van der Waals surface area contributed by atoms with Crippen molar-refractivity contribution in [1.82, 2.24) is 9.47 Å². The third-order valence-corrected chi connectivity index (χ3v) is 4.33. The molecule has 1 aromatic heterocycles. The molecule has 0 unspecified atom stereocenters. The highest BCUT2D eigenvalue weighted by molar-refractivity contribution is 6.04. The van der Waals surface area contributed by atoms with E-state index in [1.54, 1.807) is 11.0 Å². The van der Waals surface area contributed by atoms with Crippen molar-refractivity contribution in [3.63, 3.8) is 0 Å². The van der Waals surface area contributed by atoms with Crippen LogP contribution in [0.25, 0.3) is 17.0 Å². The van der Waals surface area contributed by atoms with E-state index in [9.17, 15) is 10.1 Å². The van der Waals surface area contributed by atoms with Crippen LogP contribution in [0.2, 0.25) is 0 Å². The molecule has 1 saturated heterocycles. The number of aromatic nitrogens is 1. The molecule has 23 heavy (non-hydrogen) atoms. The molecule has 1 amide bonds. The Morgan fingerprint density at radius 1 is 1.30 bits per heavy atom. The van der Waals surface area contributed by atoms with Crippen LogP contribution < -0.4 is 0 Å². The number of fused-ring (bicyclic) bond motifs is 1. The maximum atomic E-state index is 12.5. The average molecular weight is 307 g/mol. The van der Waals surface area contributed by atoms with E-state index in [1.165, 1.54) is 0 Å². The summed E-state index contributed by atoms with van der Waals surface area (Å²) >= 11 is 0. The first-order valence-electron chi connectivity index (χ1n) is 8.23. The summed E-state index contributed by atoms with van der Waals surface area (Å²) in [5.41, 5.74) is 2.32. The smallest absolute Gasteiger partial charge is 0.264 e. The first-order valence-corrected chi connectivity index (χ1v) is 8.23. The molecule has 1 aliphatic rings. The van der Waals surface area contributed by atoms with Gasteiger partial charge in [-0.15, -0.1) is 0 Å². The lowest BCUT2D eigenvalue weighted by Gasteiger charge is -2.13. The Morgan fingerprint density at radius 3 is 2.74 bits per heavy atom. The summed E-state index contributed by atoms with van der Waals surface area (Å²) in [6.07, 6.45) is 6.89. The van der Waals surface area contributed by atoms with Crippen molar-refractivity contribution in [2.45, 2.75) is 32.7 Å². The zero-order valence-corrected chi connectivity index (χ0v) is 13.5. The summed E-state index contributed by atoms with van der Waals surface area (Å²) in [5, 5.41) is 10.5. The van der Waals surface area contributed by atoms with Gasteiger partial charge in [-0.1, -0.05) is 25.1 Å². The minimum Gasteiger partial charge on any atom is -0.347 e. The van der Waals surface area contributed by atoms with Crippen molar-refractivity contribution < 1.29 is 4.79 Å². The Balaban J connectivity index is 2.01. The van der Waals surface area contributed by atoms with Gasteiger partial charge in [0.1, 0.15) is 11.6 Å². The van der Waals surface area contributed by atoms with Crippen molar-refractivity contribution in [2.24, 2.45) is 0 Å². The third-order valence-electron chi connectivity index (χ3n) is 4.33. The van der Waals surface area contributed by atoms with Crippen molar-refractivity contribution >= 4 is 22.9 Å². The monoisotopic (exact) mass is 307 g/mol. The molecule has 2 heterocycles. The summed E-state index contributed by atoms with van der Waals surface area (Å²) < 4.78 is 2.19. The van der Waals surface area contributed by atoms with Crippen LogP contribution in [0.4, 0.5) is 0 Å². The fraction of sp³-hybridized carbons (Fsp3) is 0.368. The average Bonchev–Trinajstić information content (AvgIpc) is 3.22. The zero-order chi connectivity index (χ0) is 16.2. The van der Waals surface area contributed by atoms with Crippen molar-refractivity contribution in [3.8, 4) is 6.07 Å². The number of hydrogen-bond acceptors (Lipinski definition) is 2. The van der Waals surface area contributed by atoms with Crippen LogP contribution in [-0.2, 0) is 11.3 Å². The summed E-state index contributed by atoms with van der Waals surface area (Å²) in [6.45, 7) is 4.59. The standard InChI is InChI=1S/C19H21N3O/c1-2-9-22-14-16(17-7-3-4-8-18(17)22)12-15(13-20)19(23)21-10-5-6-11-21/h3-4,7-8,12,14H,2,5-6,9-11H2,1H3/b15-12+. The number of benzene rings is 1. The molecule has 118 valence electrons. The molecule has 0 spiro atoms. The molecule has 0 aliphatic carbocycles. The van der Waals surface area contributed by atoms with E-state index in [1.807, 2.05) is 24.4 Å². The van der Waals surface area contributed by atoms with E-state index in [2.05, 4.69) is 23.6 Å². The minimum absolute atomic E-state index is 0.141. The molecule has 1 aliphatic heterocycles. The second-order valence-corrected chi connectivity index (χ2v) is 5.96. The van der Waals surface area contributed by atoms with Gasteiger partial charge < -0.3 is 9.47 Å². The zero-order valence-electron chi connectivity index (χ0n) is 13.5. The number of aryl methyl sites for hydroxylation is 1. The number of likely N-dealkylation sites (tertiary alicyclic amines) is 1. The molecular formula is C19H21N3O. The van der Waals surface area contributed by atoms with Crippen LogP contribution in [0.1, 0.15) is 31.7 Å². The van der Waals surface area contributed by atoms with Gasteiger partial charge in [0.2, 0.25) is 0 Å². The Kier molecular flexibility index (Phi) is 4.47. The van der Waals surface area contributed by atoms with Crippen molar-refractivity contribution in [2.75, 3.05) is 13.1 Å². The lowest BCUT2D eigenvalue weighted by Crippen LogP contribution is -2.28. The third kappa shape index (κ3) is 3.00. The quantitative estimate of drug-likeness (QED) is 0.640. The number of carbonyl (C=O) groups excluding carboxylic acids is 1. The lowest BCUT2D eigenvalue weighted by molar-refractivity contribution is -0.125. The van der Waals surface area contributed by atoms with Crippen LogP contribution in [0.5, 0.6) is 0 Å². The Morgan fingerprint density at radius 2 is 2.04 bits per heavy atom. The van der Waals surface area contributed by atoms with Crippen LogP contribution in [0.3, 0.4) is 0 Å². The van der Waals surface area contributed by atoms with Gasteiger partial charge in [0.05, 0.1) is 0 Å². The second kappa shape index (κ2) is 6.70. The maximum Gasteiger partial charge on any atom is 0.264 e. The van der Waals surface area contributed by atoms with E-state index in [-0.39, 0.29) is 11.5 Å². The highest BCUT2D eigenvalue weighted by Gasteiger charge is 2.21. The Bertz CT molecular complexity index is 789. The summed E-state index contributed by atoms with van der Waals surface area (Å²) in [5.74, 6) is -0.141. The van der Waals surface area contributed by atoms with Gasteiger partial charge in [0, 0.05) is 42.3 Å². The predicted molar refractivity (Wildman–Crippen MR) is 91.6 cm³/mol. The molecule has 4 heteroatoms. The van der Waals surface area contributed by atoms with E-state index in [4.69, 9.17) is 0 Å². The number of para-hydroxylation sites is 1. The molecule has 0 saturated carbocycles. The molecule has 0 radical (unpaired) electrons. The normalized spacial score (nSPS) is 15.1. The molecule has 0 atom stereocenters. The number of rotatable bonds is 4. The van der Waals surface area contributed by atoms with Crippen molar-refractivity contribution in [1.29, 1.82) is 5.26 Å². The van der Waals surface area contributed by atoms with Gasteiger partial charge in [-0.25, -0.2) is 0 Å². The van der Waals surface area contributed by atoms with Gasteiger partial charge in [-0.05, 0) is 31.4 Å². The molecule has 0 N–H and O–H groups in total. The molecule has 2 aromatic rings. The topological polar surface area (TPSA) is 49.0 Å². The molecule has 3 rings (SSSR count). The van der Waals surface area contributed by atoms with Gasteiger partial charge in [0.25, 0.3) is 5.91 Å². The summed E-state index contributed by atoms with van der Waals surface area (Å²) in [6, 6.07) is 10.2. The molecule has 1 fully saturated rings. The minimum atomic E-state index is -0.141. The Labute approximate surface area is 136 Å². The Hall–Kier alpha value is -2.54. The van der Waals surface area contributed by atoms with Crippen molar-refractivity contribution in [3.05, 3.63) is 41.6 Å². The summed E-state index contributed by atoms with van der Waals surface area (Å²) in [7, 11) is 0. The van der Waals surface area contributed by atoms with Crippen LogP contribution in [0, 0.1) is 11.3 Å². The second-order valence-electron chi connectivity index (χ2n) is 5.96. The van der Waals surface area contributed by atoms with Gasteiger partial charge in [-0.2, -0.15) is 5.26 Å². The first kappa shape index (κ1) is 15.4. The number of amides is 1. The molecule has 4 nitrogen and oxygen atoms in total. The van der Waals surface area contributed by atoms with E-state index in [0.717, 1.165) is 55.4 Å².